The fraction of sp³-hybridized carbons (Fsp3) is 0.0588. The number of benzene rings is 2. The van der Waals surface area contributed by atoms with E-state index in [1.807, 2.05) is 30.3 Å². The molecule has 2 rings (SSSR count). The zero-order chi connectivity index (χ0) is 15.1. The molecule has 2 aromatic rings. The molecule has 4 heteroatoms. The summed E-state index contributed by atoms with van der Waals surface area (Å²) in [5.41, 5.74) is 1.62. The highest BCUT2D eigenvalue weighted by Gasteiger charge is 2.14. The van der Waals surface area contributed by atoms with Crippen LogP contribution in [0.25, 0.3) is 0 Å². The summed E-state index contributed by atoms with van der Waals surface area (Å²) in [6.45, 7) is 0. The maximum atomic E-state index is 11.7. The zero-order valence-electron chi connectivity index (χ0n) is 11.4. The van der Waals surface area contributed by atoms with Crippen molar-refractivity contribution in [1.82, 2.24) is 0 Å². The minimum Gasteiger partial charge on any atom is -0.465 e. The predicted molar refractivity (Wildman–Crippen MR) is 79.4 cm³/mol. The number of ether oxygens (including phenoxy) is 1. The molecule has 0 radical (unpaired) electrons. The van der Waals surface area contributed by atoms with Crippen molar-refractivity contribution in [2.45, 2.75) is 0 Å². The van der Waals surface area contributed by atoms with Gasteiger partial charge in [0.15, 0.2) is 5.71 Å². The molecule has 0 aliphatic heterocycles. The Morgan fingerprint density at radius 1 is 1.05 bits per heavy atom. The molecule has 104 valence electrons. The van der Waals surface area contributed by atoms with Crippen LogP contribution in [0.5, 0.6) is 0 Å². The number of esters is 1. The van der Waals surface area contributed by atoms with E-state index in [2.05, 4.69) is 17.0 Å². The molecule has 0 atom stereocenters. The van der Waals surface area contributed by atoms with Gasteiger partial charge in [-0.3, -0.25) is 0 Å². The van der Waals surface area contributed by atoms with E-state index in [-0.39, 0.29) is 5.71 Å². The zero-order valence-corrected chi connectivity index (χ0v) is 11.4. The smallest absolute Gasteiger partial charge is 0.338 e. The van der Waals surface area contributed by atoms with E-state index in [4.69, 9.17) is 9.94 Å². The lowest BCUT2D eigenvalue weighted by Gasteiger charge is -2.05. The van der Waals surface area contributed by atoms with Crippen molar-refractivity contribution < 1.29 is 14.7 Å². The van der Waals surface area contributed by atoms with Gasteiger partial charge in [-0.2, -0.15) is 0 Å². The van der Waals surface area contributed by atoms with E-state index in [1.165, 1.54) is 7.11 Å². The monoisotopic (exact) mass is 279 g/mol. The van der Waals surface area contributed by atoms with E-state index >= 15 is 0 Å². The lowest BCUT2D eigenvalue weighted by molar-refractivity contribution is 0.0600. The number of hydrogen-bond acceptors (Lipinski definition) is 4. The van der Waals surface area contributed by atoms with E-state index in [0.717, 1.165) is 5.56 Å². The minimum atomic E-state index is -0.506. The first kappa shape index (κ1) is 14.4. The molecule has 0 heterocycles. The molecule has 0 aliphatic carbocycles. The molecule has 0 saturated carbocycles. The van der Waals surface area contributed by atoms with Gasteiger partial charge in [0.25, 0.3) is 0 Å². The van der Waals surface area contributed by atoms with Crippen molar-refractivity contribution in [3.8, 4) is 11.8 Å². The average molecular weight is 279 g/mol. The Balaban J connectivity index is 2.41. The summed E-state index contributed by atoms with van der Waals surface area (Å²) in [6, 6.07) is 16.0. The number of carbonyl (C=O) groups excluding carboxylic acids is 1. The first-order chi connectivity index (χ1) is 10.3. The molecule has 0 amide bonds. The highest BCUT2D eigenvalue weighted by molar-refractivity contribution is 6.17. The van der Waals surface area contributed by atoms with E-state index in [1.54, 1.807) is 24.3 Å². The van der Waals surface area contributed by atoms with E-state index in [9.17, 15) is 4.79 Å². The standard InChI is InChI=1S/C17H13NO3/c1-21-17(19)15-10-6-5-9-14(15)16(18-20)12-11-13-7-3-2-4-8-13/h2-10,20H,1H3/b18-16-. The second kappa shape index (κ2) is 6.92. The molecule has 0 unspecified atom stereocenters. The van der Waals surface area contributed by atoms with Crippen molar-refractivity contribution in [2.75, 3.05) is 7.11 Å². The molecular formula is C17H13NO3. The number of oxime groups is 1. The Bertz CT molecular complexity index is 724. The lowest BCUT2D eigenvalue weighted by atomic mass is 10.0. The fourth-order valence-electron chi connectivity index (χ4n) is 1.78. The van der Waals surface area contributed by atoms with Crippen LogP contribution in [0, 0.1) is 11.8 Å². The van der Waals surface area contributed by atoms with Gasteiger partial charge in [0, 0.05) is 11.1 Å². The van der Waals surface area contributed by atoms with E-state index < -0.39 is 5.97 Å². The van der Waals surface area contributed by atoms with Crippen LogP contribution in [0.3, 0.4) is 0 Å². The van der Waals surface area contributed by atoms with Gasteiger partial charge in [0.2, 0.25) is 0 Å². The molecule has 4 nitrogen and oxygen atoms in total. The molecule has 0 aromatic heterocycles. The van der Waals surface area contributed by atoms with Crippen LogP contribution >= 0.6 is 0 Å². The van der Waals surface area contributed by atoms with Crippen LogP contribution in [0.2, 0.25) is 0 Å². The van der Waals surface area contributed by atoms with Crippen molar-refractivity contribution in [3.05, 3.63) is 71.3 Å². The summed E-state index contributed by atoms with van der Waals surface area (Å²) in [7, 11) is 1.30. The topological polar surface area (TPSA) is 58.9 Å². The number of hydrogen-bond donors (Lipinski definition) is 1. The normalized spacial score (nSPS) is 10.4. The SMILES string of the molecule is COC(=O)c1ccccc1/C(C#Cc1ccccc1)=N\O. The van der Waals surface area contributed by atoms with Crippen LogP contribution in [-0.2, 0) is 4.74 Å². The summed E-state index contributed by atoms with van der Waals surface area (Å²) in [6.07, 6.45) is 0. The van der Waals surface area contributed by atoms with Crippen LogP contribution in [-0.4, -0.2) is 24.0 Å². The third-order valence-corrected chi connectivity index (χ3v) is 2.79. The second-order valence-corrected chi connectivity index (χ2v) is 4.10. The number of methoxy groups -OCH3 is 1. The predicted octanol–water partition coefficient (Wildman–Crippen LogP) is 2.70. The van der Waals surface area contributed by atoms with E-state index in [0.29, 0.717) is 11.1 Å². The van der Waals surface area contributed by atoms with Gasteiger partial charge in [-0.1, -0.05) is 47.5 Å². The van der Waals surface area contributed by atoms with Crippen molar-refractivity contribution >= 4 is 11.7 Å². The summed E-state index contributed by atoms with van der Waals surface area (Å²) in [4.78, 5) is 11.7. The molecular weight excluding hydrogens is 266 g/mol. The molecule has 0 saturated heterocycles. The van der Waals surface area contributed by atoms with Crippen LogP contribution in [0.4, 0.5) is 0 Å². The molecule has 0 spiro atoms. The third kappa shape index (κ3) is 3.48. The molecule has 21 heavy (non-hydrogen) atoms. The Kier molecular flexibility index (Phi) is 4.73. The summed E-state index contributed by atoms with van der Waals surface area (Å²) in [5, 5.41) is 12.4. The Labute approximate surface area is 122 Å². The van der Waals surface area contributed by atoms with Gasteiger partial charge in [0.05, 0.1) is 12.7 Å². The summed E-state index contributed by atoms with van der Waals surface area (Å²) < 4.78 is 4.71. The minimum absolute atomic E-state index is 0.111. The van der Waals surface area contributed by atoms with Gasteiger partial charge in [-0.15, -0.1) is 0 Å². The third-order valence-electron chi connectivity index (χ3n) is 2.79. The van der Waals surface area contributed by atoms with Crippen LogP contribution < -0.4 is 0 Å². The quantitative estimate of drug-likeness (QED) is 0.302. The number of nitrogens with zero attached hydrogens (tertiary/aromatic N) is 1. The largest absolute Gasteiger partial charge is 0.465 e. The van der Waals surface area contributed by atoms with Gasteiger partial charge < -0.3 is 9.94 Å². The lowest BCUT2D eigenvalue weighted by Crippen LogP contribution is -2.10. The summed E-state index contributed by atoms with van der Waals surface area (Å²) in [5.74, 6) is 5.14. The van der Waals surface area contributed by atoms with Crippen molar-refractivity contribution in [1.29, 1.82) is 0 Å². The van der Waals surface area contributed by atoms with Gasteiger partial charge >= 0.3 is 5.97 Å². The maximum Gasteiger partial charge on any atom is 0.338 e. The molecule has 2 aromatic carbocycles. The first-order valence-electron chi connectivity index (χ1n) is 6.23. The van der Waals surface area contributed by atoms with Crippen LogP contribution in [0.1, 0.15) is 21.5 Å². The van der Waals surface area contributed by atoms with Gasteiger partial charge in [-0.05, 0) is 24.1 Å². The van der Waals surface area contributed by atoms with Crippen molar-refractivity contribution in [3.63, 3.8) is 0 Å². The Morgan fingerprint density at radius 2 is 1.67 bits per heavy atom. The van der Waals surface area contributed by atoms with Gasteiger partial charge in [0.1, 0.15) is 0 Å². The Morgan fingerprint density at radius 3 is 2.29 bits per heavy atom. The molecule has 1 N–H and O–H groups in total. The first-order valence-corrected chi connectivity index (χ1v) is 6.23. The highest BCUT2D eigenvalue weighted by Crippen LogP contribution is 2.11. The maximum absolute atomic E-state index is 11.7. The van der Waals surface area contributed by atoms with Crippen molar-refractivity contribution in [2.24, 2.45) is 5.16 Å². The molecule has 0 aliphatic rings. The molecule has 0 bridgehead atoms. The molecule has 0 fully saturated rings. The Hall–Kier alpha value is -3.06. The second-order valence-electron chi connectivity index (χ2n) is 4.10. The highest BCUT2D eigenvalue weighted by atomic mass is 16.5. The number of carbonyl (C=O) groups is 1. The average Bonchev–Trinajstić information content (AvgIpc) is 2.56. The van der Waals surface area contributed by atoms with Gasteiger partial charge in [-0.25, -0.2) is 4.79 Å². The number of rotatable bonds is 2. The fourth-order valence-corrected chi connectivity index (χ4v) is 1.78. The summed E-state index contributed by atoms with van der Waals surface area (Å²) >= 11 is 0. The van der Waals surface area contributed by atoms with Crippen LogP contribution in [0.15, 0.2) is 59.8 Å².